The second-order valence-electron chi connectivity index (χ2n) is 7.01. The van der Waals surface area contributed by atoms with Crippen molar-refractivity contribution in [3.05, 3.63) is 99.8 Å². The number of aromatic nitrogens is 2. The molecular weight excluding hydrogens is 405 g/mol. The maximum Gasteiger partial charge on any atom is 0.417 e. The van der Waals surface area contributed by atoms with E-state index in [4.69, 9.17) is 0 Å². The highest BCUT2D eigenvalue weighted by molar-refractivity contribution is 5.81. The van der Waals surface area contributed by atoms with Gasteiger partial charge in [0.1, 0.15) is 11.5 Å². The van der Waals surface area contributed by atoms with Crippen LogP contribution in [0.15, 0.2) is 77.6 Å². The van der Waals surface area contributed by atoms with Crippen LogP contribution in [-0.2, 0) is 19.3 Å². The third-order valence-electron chi connectivity index (χ3n) is 4.68. The Hall–Kier alpha value is -3.65. The highest BCUT2D eigenvalue weighted by atomic mass is 19.4. The van der Waals surface area contributed by atoms with Gasteiger partial charge in [0.05, 0.1) is 16.6 Å². The first-order valence-electron chi connectivity index (χ1n) is 9.61. The molecule has 0 unspecified atom stereocenters. The number of halogens is 3. The maximum absolute atomic E-state index is 13.7. The van der Waals surface area contributed by atoms with Gasteiger partial charge in [0.15, 0.2) is 5.43 Å². The van der Waals surface area contributed by atoms with Crippen molar-refractivity contribution in [2.75, 3.05) is 5.32 Å². The van der Waals surface area contributed by atoms with Gasteiger partial charge in [-0.1, -0.05) is 48.5 Å². The van der Waals surface area contributed by atoms with Crippen LogP contribution in [0.25, 0.3) is 11.0 Å². The summed E-state index contributed by atoms with van der Waals surface area (Å²) in [6.45, 7) is 0.598. The van der Waals surface area contributed by atoms with Crippen molar-refractivity contribution in [2.45, 2.75) is 19.3 Å². The summed E-state index contributed by atoms with van der Waals surface area (Å²) in [5, 5.41) is 5.61. The Morgan fingerprint density at radius 1 is 0.903 bits per heavy atom. The number of benzene rings is 2. The Kier molecular flexibility index (Phi) is 5.73. The van der Waals surface area contributed by atoms with Crippen molar-refractivity contribution in [1.29, 1.82) is 0 Å². The van der Waals surface area contributed by atoms with Crippen LogP contribution in [0.4, 0.5) is 24.7 Å². The quantitative estimate of drug-likeness (QED) is 0.409. The van der Waals surface area contributed by atoms with E-state index in [0.29, 0.717) is 12.2 Å². The number of nitrogens with one attached hydrogen (secondary N) is 3. The van der Waals surface area contributed by atoms with Crippen LogP contribution in [0, 0.1) is 0 Å². The molecule has 0 saturated heterocycles. The predicted octanol–water partition coefficient (Wildman–Crippen LogP) is 4.98. The molecule has 0 amide bonds. The number of pyridine rings is 2. The molecule has 0 saturated carbocycles. The molecule has 2 aromatic heterocycles. The average Bonchev–Trinajstić information content (AvgIpc) is 2.74. The summed E-state index contributed by atoms with van der Waals surface area (Å²) in [7, 11) is 0. The van der Waals surface area contributed by atoms with Crippen LogP contribution in [0.5, 0.6) is 0 Å². The van der Waals surface area contributed by atoms with Crippen molar-refractivity contribution in [3.8, 4) is 0 Å². The van der Waals surface area contributed by atoms with E-state index < -0.39 is 22.6 Å². The lowest BCUT2D eigenvalue weighted by molar-refractivity contribution is -0.136. The number of aromatic amines is 1. The fraction of sp³-hybridized carbons (Fsp3) is 0.130. The van der Waals surface area contributed by atoms with E-state index in [1.165, 1.54) is 0 Å². The molecule has 4 rings (SSSR count). The molecule has 5 nitrogen and oxygen atoms in total. The lowest BCUT2D eigenvalue weighted by Crippen LogP contribution is -2.18. The van der Waals surface area contributed by atoms with Gasteiger partial charge in [-0.2, -0.15) is 13.2 Å². The number of anilines is 2. The first kappa shape index (κ1) is 20.6. The SMILES string of the molecule is O=c1cc(Nc2ccccc2)[nH]c2nc(CNCc3ccccc3)cc(C(F)(F)F)c12. The van der Waals surface area contributed by atoms with E-state index in [2.05, 4.69) is 20.6 Å². The minimum atomic E-state index is -4.68. The molecule has 4 aromatic rings. The van der Waals surface area contributed by atoms with Gasteiger partial charge >= 0.3 is 6.18 Å². The van der Waals surface area contributed by atoms with Crippen LogP contribution in [0.1, 0.15) is 16.8 Å². The van der Waals surface area contributed by atoms with Gasteiger partial charge in [0, 0.05) is 24.8 Å². The summed E-state index contributed by atoms with van der Waals surface area (Å²) >= 11 is 0. The minimum Gasteiger partial charge on any atom is -0.342 e. The molecule has 158 valence electrons. The lowest BCUT2D eigenvalue weighted by Gasteiger charge is -2.14. The van der Waals surface area contributed by atoms with Gasteiger partial charge in [-0.15, -0.1) is 0 Å². The predicted molar refractivity (Wildman–Crippen MR) is 114 cm³/mol. The zero-order chi connectivity index (χ0) is 21.8. The molecule has 0 aliphatic rings. The third kappa shape index (κ3) is 4.92. The molecular formula is C23H19F3N4O. The van der Waals surface area contributed by atoms with E-state index in [1.807, 2.05) is 36.4 Å². The van der Waals surface area contributed by atoms with Crippen molar-refractivity contribution in [3.63, 3.8) is 0 Å². The fourth-order valence-corrected chi connectivity index (χ4v) is 3.29. The Bertz CT molecular complexity index is 1240. The summed E-state index contributed by atoms with van der Waals surface area (Å²) in [4.78, 5) is 19.7. The van der Waals surface area contributed by atoms with Gasteiger partial charge < -0.3 is 15.6 Å². The molecule has 8 heteroatoms. The molecule has 0 aliphatic heterocycles. The second-order valence-corrected chi connectivity index (χ2v) is 7.01. The first-order valence-corrected chi connectivity index (χ1v) is 9.61. The van der Waals surface area contributed by atoms with Crippen molar-refractivity contribution < 1.29 is 13.2 Å². The standard InChI is InChI=1S/C23H19F3N4O/c24-23(25,26)18-11-17(14-27-13-15-7-3-1-4-8-15)29-22-21(18)19(31)12-20(30-22)28-16-9-5-2-6-10-16/h1-12,27H,13-14H2,(H2,28,29,30,31). The van der Waals surface area contributed by atoms with Gasteiger partial charge in [0.2, 0.25) is 0 Å². The number of fused-ring (bicyclic) bond motifs is 1. The zero-order valence-corrected chi connectivity index (χ0v) is 16.3. The molecule has 0 bridgehead atoms. The highest BCUT2D eigenvalue weighted by Gasteiger charge is 2.34. The fourth-order valence-electron chi connectivity index (χ4n) is 3.29. The van der Waals surface area contributed by atoms with Gasteiger partial charge in [-0.3, -0.25) is 4.79 Å². The van der Waals surface area contributed by atoms with Crippen LogP contribution in [-0.4, -0.2) is 9.97 Å². The van der Waals surface area contributed by atoms with Gasteiger partial charge in [-0.05, 0) is 23.8 Å². The van der Waals surface area contributed by atoms with Crippen molar-refractivity contribution in [2.24, 2.45) is 0 Å². The molecule has 2 heterocycles. The lowest BCUT2D eigenvalue weighted by atomic mass is 10.1. The number of H-pyrrole nitrogens is 1. The number of nitrogens with zero attached hydrogens (tertiary/aromatic N) is 1. The number of para-hydroxylation sites is 1. The third-order valence-corrected chi connectivity index (χ3v) is 4.68. The molecule has 0 spiro atoms. The average molecular weight is 424 g/mol. The van der Waals surface area contributed by atoms with Crippen LogP contribution in [0.3, 0.4) is 0 Å². The molecule has 2 aromatic carbocycles. The smallest absolute Gasteiger partial charge is 0.342 e. The number of alkyl halides is 3. The summed E-state index contributed by atoms with van der Waals surface area (Å²) in [5.41, 5.74) is 0.00849. The van der Waals surface area contributed by atoms with Crippen LogP contribution in [0.2, 0.25) is 0 Å². The zero-order valence-electron chi connectivity index (χ0n) is 16.3. The van der Waals surface area contributed by atoms with E-state index in [9.17, 15) is 18.0 Å². The molecule has 3 N–H and O–H groups in total. The van der Waals surface area contributed by atoms with E-state index in [1.54, 1.807) is 24.3 Å². The molecule has 31 heavy (non-hydrogen) atoms. The van der Waals surface area contributed by atoms with Gasteiger partial charge in [-0.25, -0.2) is 4.98 Å². The molecule has 0 radical (unpaired) electrons. The molecule has 0 atom stereocenters. The maximum atomic E-state index is 13.7. The number of hydrogen-bond donors (Lipinski definition) is 3. The Morgan fingerprint density at radius 2 is 1.58 bits per heavy atom. The van der Waals surface area contributed by atoms with Crippen LogP contribution < -0.4 is 16.1 Å². The number of hydrogen-bond acceptors (Lipinski definition) is 4. The van der Waals surface area contributed by atoms with E-state index in [-0.39, 0.29) is 23.7 Å². The summed E-state index contributed by atoms with van der Waals surface area (Å²) < 4.78 is 41.1. The normalized spacial score (nSPS) is 11.6. The Morgan fingerprint density at radius 3 is 2.26 bits per heavy atom. The molecule has 0 fully saturated rings. The Balaban J connectivity index is 1.69. The van der Waals surface area contributed by atoms with Crippen molar-refractivity contribution >= 4 is 22.5 Å². The van der Waals surface area contributed by atoms with Crippen molar-refractivity contribution in [1.82, 2.24) is 15.3 Å². The van der Waals surface area contributed by atoms with Gasteiger partial charge in [0.25, 0.3) is 0 Å². The summed E-state index contributed by atoms with van der Waals surface area (Å²) in [5.74, 6) is 0.263. The largest absolute Gasteiger partial charge is 0.417 e. The van der Waals surface area contributed by atoms with E-state index >= 15 is 0 Å². The monoisotopic (exact) mass is 424 g/mol. The number of rotatable bonds is 6. The summed E-state index contributed by atoms with van der Waals surface area (Å²) in [6.07, 6.45) is -4.68. The summed E-state index contributed by atoms with van der Waals surface area (Å²) in [6, 6.07) is 20.5. The topological polar surface area (TPSA) is 69.8 Å². The van der Waals surface area contributed by atoms with E-state index in [0.717, 1.165) is 17.7 Å². The van der Waals surface area contributed by atoms with Crippen LogP contribution >= 0.6 is 0 Å². The Labute approximate surface area is 176 Å². The first-order chi connectivity index (χ1) is 14.9. The highest BCUT2D eigenvalue weighted by Crippen LogP contribution is 2.33. The second kappa shape index (κ2) is 8.61. The molecule has 0 aliphatic carbocycles. The minimum absolute atomic E-state index is 0.114.